The first-order valence-electron chi connectivity index (χ1n) is 6.28. The van der Waals surface area contributed by atoms with E-state index < -0.39 is 18.4 Å². The first-order valence-corrected chi connectivity index (χ1v) is 7.16. The number of hydrogen-bond acceptors (Lipinski definition) is 5. The van der Waals surface area contributed by atoms with Gasteiger partial charge in [0.25, 0.3) is 0 Å². The zero-order valence-electron chi connectivity index (χ0n) is 11.3. The third-order valence-electron chi connectivity index (χ3n) is 2.65. The molecule has 0 aliphatic rings. The molecule has 0 unspecified atom stereocenters. The number of nitrogens with zero attached hydrogens (tertiary/aromatic N) is 1. The van der Waals surface area contributed by atoms with Crippen molar-refractivity contribution in [3.63, 3.8) is 0 Å². The number of esters is 1. The molecule has 0 radical (unpaired) electrons. The van der Waals surface area contributed by atoms with Gasteiger partial charge in [-0.2, -0.15) is 5.10 Å². The van der Waals surface area contributed by atoms with Crippen LogP contribution in [0, 0.1) is 0 Å². The summed E-state index contributed by atoms with van der Waals surface area (Å²) in [5.41, 5.74) is 1.49. The number of nitrogens with one attached hydrogen (secondary N) is 1. The number of carboxylic acids is 1. The number of aliphatic carboxylic acids is 1. The molecule has 21 heavy (non-hydrogen) atoms. The summed E-state index contributed by atoms with van der Waals surface area (Å²) in [4.78, 5) is 23.7. The Bertz CT molecular complexity index is 658. The van der Waals surface area contributed by atoms with Crippen LogP contribution >= 0.6 is 11.3 Å². The van der Waals surface area contributed by atoms with Crippen molar-refractivity contribution in [1.29, 1.82) is 0 Å². The Hall–Kier alpha value is -2.41. The second-order valence-corrected chi connectivity index (χ2v) is 5.09. The molecule has 0 aromatic carbocycles. The van der Waals surface area contributed by atoms with E-state index in [4.69, 9.17) is 9.84 Å². The Labute approximate surface area is 125 Å². The van der Waals surface area contributed by atoms with Crippen LogP contribution in [0.15, 0.2) is 29.3 Å². The normalized spacial score (nSPS) is 11.4. The van der Waals surface area contributed by atoms with Gasteiger partial charge >= 0.3 is 11.9 Å². The van der Waals surface area contributed by atoms with E-state index in [0.717, 1.165) is 10.6 Å². The van der Waals surface area contributed by atoms with Gasteiger partial charge in [-0.1, -0.05) is 6.07 Å². The van der Waals surface area contributed by atoms with Crippen LogP contribution in [0.3, 0.4) is 0 Å². The zero-order chi connectivity index (χ0) is 15.2. The zero-order valence-corrected chi connectivity index (χ0v) is 12.1. The molecule has 0 amide bonds. The lowest BCUT2D eigenvalue weighted by atomic mass is 10.1. The summed E-state index contributed by atoms with van der Waals surface area (Å²) in [6.07, 6.45) is 2.66. The maximum atomic E-state index is 11.8. The molecule has 0 aliphatic carbocycles. The molecule has 2 heterocycles. The smallest absolute Gasteiger partial charge is 0.334 e. The van der Waals surface area contributed by atoms with Crippen LogP contribution in [0.1, 0.15) is 18.9 Å². The Balaban J connectivity index is 2.36. The predicted molar refractivity (Wildman–Crippen MR) is 78.8 cm³/mol. The van der Waals surface area contributed by atoms with Crippen LogP contribution in [0.4, 0.5) is 0 Å². The second-order valence-electron chi connectivity index (χ2n) is 4.14. The summed E-state index contributed by atoms with van der Waals surface area (Å²) in [5, 5.41) is 17.6. The highest BCUT2D eigenvalue weighted by atomic mass is 32.1. The molecule has 2 N–H and O–H groups in total. The van der Waals surface area contributed by atoms with E-state index in [1.54, 1.807) is 13.1 Å². The van der Waals surface area contributed by atoms with Gasteiger partial charge in [0.05, 0.1) is 29.8 Å². The quantitative estimate of drug-likeness (QED) is 0.632. The fraction of sp³-hybridized carbons (Fsp3) is 0.214. The molecular weight excluding hydrogens is 292 g/mol. The number of rotatable bonds is 6. The maximum absolute atomic E-state index is 11.8. The highest BCUT2D eigenvalue weighted by Crippen LogP contribution is 2.27. The molecular formula is C14H14N2O4S. The van der Waals surface area contributed by atoms with Gasteiger partial charge in [0.15, 0.2) is 0 Å². The van der Waals surface area contributed by atoms with Gasteiger partial charge in [-0.25, -0.2) is 4.79 Å². The maximum Gasteiger partial charge on any atom is 0.334 e. The Morgan fingerprint density at radius 2 is 2.33 bits per heavy atom. The van der Waals surface area contributed by atoms with Crippen LogP contribution in [0.5, 0.6) is 0 Å². The number of aromatic amines is 1. The highest BCUT2D eigenvalue weighted by Gasteiger charge is 2.16. The van der Waals surface area contributed by atoms with Crippen LogP contribution in [-0.4, -0.2) is 33.8 Å². The molecule has 2 aromatic rings. The summed E-state index contributed by atoms with van der Waals surface area (Å²) in [6, 6.07) is 3.81. The summed E-state index contributed by atoms with van der Waals surface area (Å²) in [5.74, 6) is -1.71. The topological polar surface area (TPSA) is 92.3 Å². The molecule has 0 spiro atoms. The van der Waals surface area contributed by atoms with Crippen molar-refractivity contribution < 1.29 is 19.4 Å². The van der Waals surface area contributed by atoms with Crippen molar-refractivity contribution in [3.8, 4) is 10.6 Å². The third-order valence-corrected chi connectivity index (χ3v) is 3.53. The molecule has 110 valence electrons. The van der Waals surface area contributed by atoms with Crippen molar-refractivity contribution in [1.82, 2.24) is 10.2 Å². The van der Waals surface area contributed by atoms with Gasteiger partial charge in [0, 0.05) is 11.1 Å². The van der Waals surface area contributed by atoms with Crippen molar-refractivity contribution in [2.24, 2.45) is 0 Å². The predicted octanol–water partition coefficient (Wildman–Crippen LogP) is 2.56. The molecule has 0 aliphatic heterocycles. The molecule has 0 saturated heterocycles. The van der Waals surface area contributed by atoms with Crippen LogP contribution in [0.2, 0.25) is 0 Å². The monoisotopic (exact) mass is 306 g/mol. The molecule has 0 atom stereocenters. The first-order chi connectivity index (χ1) is 10.1. The minimum atomic E-state index is -1.09. The van der Waals surface area contributed by atoms with E-state index in [2.05, 4.69) is 10.2 Å². The SMILES string of the molecule is CCOC(=O)/C(=C/c1cn[nH]c1-c1cccs1)CC(=O)O. The van der Waals surface area contributed by atoms with Gasteiger partial charge in [0.1, 0.15) is 0 Å². The summed E-state index contributed by atoms with van der Waals surface area (Å²) in [7, 11) is 0. The number of thiophene rings is 1. The Morgan fingerprint density at radius 3 is 2.95 bits per heavy atom. The van der Waals surface area contributed by atoms with Crippen LogP contribution in [0.25, 0.3) is 16.6 Å². The first kappa shape index (κ1) is 15.0. The van der Waals surface area contributed by atoms with E-state index in [0.29, 0.717) is 5.56 Å². The van der Waals surface area contributed by atoms with Gasteiger partial charge in [-0.3, -0.25) is 9.89 Å². The minimum Gasteiger partial charge on any atom is -0.481 e. The number of ether oxygens (including phenoxy) is 1. The number of carbonyl (C=O) groups is 2. The van der Waals surface area contributed by atoms with Gasteiger partial charge in [-0.05, 0) is 24.4 Å². The number of carboxylic acid groups (broad SMARTS) is 1. The van der Waals surface area contributed by atoms with Crippen molar-refractivity contribution in [3.05, 3.63) is 34.8 Å². The van der Waals surface area contributed by atoms with Gasteiger partial charge in [0.2, 0.25) is 0 Å². The van der Waals surface area contributed by atoms with E-state index in [9.17, 15) is 9.59 Å². The highest BCUT2D eigenvalue weighted by molar-refractivity contribution is 7.13. The average Bonchev–Trinajstić information content (AvgIpc) is 3.07. The minimum absolute atomic E-state index is 0.0866. The van der Waals surface area contributed by atoms with Crippen molar-refractivity contribution in [2.75, 3.05) is 6.61 Å². The van der Waals surface area contributed by atoms with Crippen molar-refractivity contribution in [2.45, 2.75) is 13.3 Å². The molecule has 0 fully saturated rings. The average molecular weight is 306 g/mol. The molecule has 6 nitrogen and oxygen atoms in total. The summed E-state index contributed by atoms with van der Waals surface area (Å²) in [6.45, 7) is 1.87. The standard InChI is InChI=1S/C14H14N2O4S/c1-2-20-14(19)9(7-12(17)18)6-10-8-15-16-13(10)11-4-3-5-21-11/h3-6,8H,2,7H2,1H3,(H,15,16)(H,17,18)/b9-6+. The number of H-pyrrole nitrogens is 1. The molecule has 0 saturated carbocycles. The van der Waals surface area contributed by atoms with Gasteiger partial charge < -0.3 is 9.84 Å². The molecule has 2 rings (SSSR count). The fourth-order valence-corrected chi connectivity index (χ4v) is 2.52. The Morgan fingerprint density at radius 1 is 1.52 bits per heavy atom. The van der Waals surface area contributed by atoms with Crippen molar-refractivity contribution >= 4 is 29.4 Å². The van der Waals surface area contributed by atoms with Gasteiger partial charge in [-0.15, -0.1) is 11.3 Å². The Kier molecular flexibility index (Phi) is 4.89. The van der Waals surface area contributed by atoms with E-state index in [1.165, 1.54) is 17.4 Å². The van der Waals surface area contributed by atoms with E-state index >= 15 is 0 Å². The molecule has 2 aromatic heterocycles. The lowest BCUT2D eigenvalue weighted by Gasteiger charge is -2.04. The number of carbonyl (C=O) groups excluding carboxylic acids is 1. The van der Waals surface area contributed by atoms with Crippen LogP contribution < -0.4 is 0 Å². The van der Waals surface area contributed by atoms with Crippen LogP contribution in [-0.2, 0) is 14.3 Å². The lowest BCUT2D eigenvalue weighted by Crippen LogP contribution is -2.11. The largest absolute Gasteiger partial charge is 0.481 e. The lowest BCUT2D eigenvalue weighted by molar-refractivity contribution is -0.142. The molecule has 7 heteroatoms. The van der Waals surface area contributed by atoms with E-state index in [-0.39, 0.29) is 12.2 Å². The summed E-state index contributed by atoms with van der Waals surface area (Å²) < 4.78 is 4.89. The second kappa shape index (κ2) is 6.85. The summed E-state index contributed by atoms with van der Waals surface area (Å²) >= 11 is 1.52. The van der Waals surface area contributed by atoms with E-state index in [1.807, 2.05) is 17.5 Å². The number of aromatic nitrogens is 2. The molecule has 0 bridgehead atoms. The number of hydrogen-bond donors (Lipinski definition) is 2. The fourth-order valence-electron chi connectivity index (χ4n) is 1.78. The third kappa shape index (κ3) is 3.79.